The molecule has 0 N–H and O–H groups in total. The van der Waals surface area contributed by atoms with E-state index < -0.39 is 10.7 Å². The molecule has 4 nitrogen and oxygen atoms in total. The molecule has 0 amide bonds. The molecular weight excluding hydrogens is 240 g/mol. The second kappa shape index (κ2) is 4.43. The molecule has 1 aromatic rings. The topological polar surface area (TPSA) is 56.0 Å². The minimum absolute atomic E-state index is 0. The van der Waals surface area contributed by atoms with E-state index in [9.17, 15) is 14.5 Å². The summed E-state index contributed by atoms with van der Waals surface area (Å²) in [6.45, 7) is 0. The quantitative estimate of drug-likeness (QED) is 0.415. The Hall–Kier alpha value is -0.607. The van der Waals surface area contributed by atoms with E-state index in [0.717, 1.165) is 12.1 Å². The molecule has 0 radical (unpaired) electrons. The van der Waals surface area contributed by atoms with E-state index in [-0.39, 0.29) is 22.5 Å². The van der Waals surface area contributed by atoms with E-state index in [4.69, 9.17) is 0 Å². The van der Waals surface area contributed by atoms with Crippen molar-refractivity contribution >= 4 is 22.5 Å². The molecule has 1 heterocycles. The van der Waals surface area contributed by atoms with Crippen molar-refractivity contribution in [1.29, 1.82) is 0 Å². The number of aromatic nitrogens is 1. The number of hydrogen-bond donors (Lipinski definition) is 0. The summed E-state index contributed by atoms with van der Waals surface area (Å²) in [5.74, 6) is -0.775. The molecule has 0 saturated carbocycles. The zero-order valence-corrected chi connectivity index (χ0v) is 9.64. The normalized spacial score (nSPS) is 8.92. The van der Waals surface area contributed by atoms with E-state index in [1.165, 1.54) is 0 Å². The first-order valence-electron chi connectivity index (χ1n) is 2.74. The summed E-state index contributed by atoms with van der Waals surface area (Å²) in [5.41, 5.74) is 0. The summed E-state index contributed by atoms with van der Waals surface area (Å²) in [4.78, 5) is 12.9. The number of hydrogen-bond acceptors (Lipinski definition) is 3. The summed E-state index contributed by atoms with van der Waals surface area (Å²) >= 11 is 0.480. The Balaban J connectivity index is 0.00000121. The van der Waals surface area contributed by atoms with Gasteiger partial charge in [0.25, 0.3) is 0 Å². The van der Waals surface area contributed by atoms with Crippen molar-refractivity contribution in [2.24, 2.45) is 0 Å². The molecule has 0 aliphatic carbocycles. The summed E-state index contributed by atoms with van der Waals surface area (Å²) in [6, 6.07) is 2.11. The third kappa shape index (κ3) is 2.46. The molecule has 0 atom stereocenters. The van der Waals surface area contributed by atoms with Gasteiger partial charge in [-0.15, -0.1) is 12.4 Å². The Morgan fingerprint density at radius 2 is 2.17 bits per heavy atom. The molecule has 0 saturated heterocycles. The van der Waals surface area contributed by atoms with Crippen LogP contribution in [0.15, 0.2) is 12.1 Å². The first-order chi connectivity index (χ1) is 5.11. The average Bonchev–Trinajstić information content (AvgIpc) is 1.94. The van der Waals surface area contributed by atoms with Crippen molar-refractivity contribution in [1.82, 2.24) is 4.98 Å². The van der Waals surface area contributed by atoms with Gasteiger partial charge in [0, 0.05) is 0 Å². The Bertz CT molecular complexity index is 309. The van der Waals surface area contributed by atoms with E-state index in [0.29, 0.717) is 18.3 Å². The Kier molecular flexibility index (Phi) is 4.20. The van der Waals surface area contributed by atoms with Gasteiger partial charge in [0.15, 0.2) is 0 Å². The van der Waals surface area contributed by atoms with E-state index >= 15 is 0 Å². The maximum absolute atomic E-state index is 12.5. The van der Waals surface area contributed by atoms with Crippen molar-refractivity contribution in [3.8, 4) is 0 Å². The van der Waals surface area contributed by atoms with Gasteiger partial charge < -0.3 is 0 Å². The maximum atomic E-state index is 12.5. The molecule has 12 heavy (non-hydrogen) atoms. The van der Waals surface area contributed by atoms with Crippen LogP contribution in [0, 0.1) is 15.9 Å². The molecule has 7 heteroatoms. The van der Waals surface area contributed by atoms with Crippen LogP contribution in [0.4, 0.5) is 10.2 Å². The SMILES string of the molecule is Cl.O=[N+]([O-])c1ccc(F)[c]([Zn])n1. The fourth-order valence-electron chi connectivity index (χ4n) is 0.575. The summed E-state index contributed by atoms with van der Waals surface area (Å²) in [5, 5.41) is 10.1. The van der Waals surface area contributed by atoms with Gasteiger partial charge in [-0.3, -0.25) is 0 Å². The standard InChI is InChI=1S/C5H2FN2O2.ClH.Zn/c6-4-1-2-5(7-3-4)8(9)10;;/h1-2H;1H;. The third-order valence-electron chi connectivity index (χ3n) is 1.09. The fraction of sp³-hybridized carbons (Fsp3) is 0. The number of pyridine rings is 1. The summed E-state index contributed by atoms with van der Waals surface area (Å²) in [6.07, 6.45) is 0. The van der Waals surface area contributed by atoms with Crippen LogP contribution in [0.25, 0.3) is 0 Å². The van der Waals surface area contributed by atoms with Crippen LogP contribution in [-0.4, -0.2) is 9.91 Å². The molecule has 1 aromatic heterocycles. The predicted octanol–water partition coefficient (Wildman–Crippen LogP) is 0.723. The van der Waals surface area contributed by atoms with Crippen LogP contribution in [0.2, 0.25) is 0 Å². The molecule has 0 aliphatic heterocycles. The first kappa shape index (κ1) is 11.4. The zero-order valence-electron chi connectivity index (χ0n) is 5.86. The zero-order chi connectivity index (χ0) is 8.43. The van der Waals surface area contributed by atoms with Crippen molar-refractivity contribution in [2.45, 2.75) is 0 Å². The van der Waals surface area contributed by atoms with Crippen molar-refractivity contribution in [3.63, 3.8) is 0 Å². The summed E-state index contributed by atoms with van der Waals surface area (Å²) < 4.78 is 12.7. The van der Waals surface area contributed by atoms with Crippen LogP contribution in [0.5, 0.6) is 0 Å². The first-order valence-corrected chi connectivity index (χ1v) is 4.22. The van der Waals surface area contributed by atoms with Crippen molar-refractivity contribution < 1.29 is 27.6 Å². The van der Waals surface area contributed by atoms with Gasteiger partial charge in [-0.05, 0) is 0 Å². The van der Waals surface area contributed by atoms with Crippen molar-refractivity contribution in [2.75, 3.05) is 0 Å². The van der Waals surface area contributed by atoms with Gasteiger partial charge in [0.1, 0.15) is 0 Å². The predicted molar refractivity (Wildman–Crippen MR) is 37.7 cm³/mol. The Morgan fingerprint density at radius 3 is 2.58 bits per heavy atom. The van der Waals surface area contributed by atoms with Crippen LogP contribution in [0.1, 0.15) is 0 Å². The second-order valence-electron chi connectivity index (χ2n) is 1.86. The molecule has 0 fully saturated rings. The van der Waals surface area contributed by atoms with Gasteiger partial charge in [-0.2, -0.15) is 0 Å². The Labute approximate surface area is 83.4 Å². The molecule has 0 unspecified atom stereocenters. The second-order valence-corrected chi connectivity index (χ2v) is 3.26. The molecular formula is C5H3ClFN2O2Zn. The van der Waals surface area contributed by atoms with Gasteiger partial charge in [-0.25, -0.2) is 0 Å². The monoisotopic (exact) mass is 241 g/mol. The molecule has 0 spiro atoms. The average molecular weight is 243 g/mol. The van der Waals surface area contributed by atoms with Gasteiger partial charge >= 0.3 is 70.8 Å². The van der Waals surface area contributed by atoms with Crippen LogP contribution in [-0.2, 0) is 18.3 Å². The van der Waals surface area contributed by atoms with Crippen LogP contribution in [0.3, 0.4) is 0 Å². The number of nitro groups is 1. The minimum atomic E-state index is -0.640. The van der Waals surface area contributed by atoms with Gasteiger partial charge in [0.05, 0.1) is 0 Å². The number of halogens is 2. The Morgan fingerprint density at radius 1 is 1.58 bits per heavy atom. The summed E-state index contributed by atoms with van der Waals surface area (Å²) in [7, 11) is 0. The van der Waals surface area contributed by atoms with E-state index in [2.05, 4.69) is 4.98 Å². The van der Waals surface area contributed by atoms with Crippen LogP contribution < -0.4 is 4.29 Å². The number of nitrogens with zero attached hydrogens (tertiary/aromatic N) is 2. The van der Waals surface area contributed by atoms with E-state index in [1.54, 1.807) is 0 Å². The van der Waals surface area contributed by atoms with Crippen molar-refractivity contribution in [3.05, 3.63) is 28.1 Å². The molecule has 0 aromatic carbocycles. The molecule has 1 rings (SSSR count). The third-order valence-corrected chi connectivity index (χ3v) is 2.13. The molecule has 0 aliphatic rings. The fourth-order valence-corrected chi connectivity index (χ4v) is 1.16. The van der Waals surface area contributed by atoms with Crippen LogP contribution >= 0.6 is 12.4 Å². The number of rotatable bonds is 1. The van der Waals surface area contributed by atoms with Gasteiger partial charge in [-0.1, -0.05) is 0 Å². The molecule has 61 valence electrons. The van der Waals surface area contributed by atoms with Gasteiger partial charge in [0.2, 0.25) is 0 Å². The molecule has 0 bridgehead atoms. The van der Waals surface area contributed by atoms with E-state index in [1.807, 2.05) is 0 Å².